The molecule has 2 aliphatic carbocycles. The number of amides is 2. The van der Waals surface area contributed by atoms with E-state index in [1.165, 1.54) is 22.3 Å². The maximum absolute atomic E-state index is 12.9. The topological polar surface area (TPSA) is 95.9 Å². The summed E-state index contributed by atoms with van der Waals surface area (Å²) < 4.78 is 5.64. The summed E-state index contributed by atoms with van der Waals surface area (Å²) in [7, 11) is 0. The first-order chi connectivity index (χ1) is 16.5. The highest BCUT2D eigenvalue weighted by Gasteiger charge is 2.34. The van der Waals surface area contributed by atoms with E-state index in [-0.39, 0.29) is 43.4 Å². The molecule has 0 aliphatic heterocycles. The van der Waals surface area contributed by atoms with Gasteiger partial charge in [-0.05, 0) is 47.9 Å². The van der Waals surface area contributed by atoms with Crippen LogP contribution < -0.4 is 5.32 Å². The Hall–Kier alpha value is -3.35. The number of carboxylic acids is 1. The number of nitrogens with one attached hydrogen (secondary N) is 1. The zero-order valence-corrected chi connectivity index (χ0v) is 19.5. The Morgan fingerprint density at radius 3 is 2.26 bits per heavy atom. The molecule has 4 rings (SSSR count). The lowest BCUT2D eigenvalue weighted by Gasteiger charge is -2.25. The van der Waals surface area contributed by atoms with Crippen molar-refractivity contribution in [3.05, 3.63) is 59.7 Å². The molecule has 7 nitrogen and oxygen atoms in total. The van der Waals surface area contributed by atoms with Crippen molar-refractivity contribution in [2.45, 2.75) is 51.0 Å². The molecule has 2 aliphatic rings. The Morgan fingerprint density at radius 1 is 1.00 bits per heavy atom. The van der Waals surface area contributed by atoms with Crippen LogP contribution in [0.25, 0.3) is 11.1 Å². The summed E-state index contributed by atoms with van der Waals surface area (Å²) in [5, 5.41) is 11.9. The quantitative estimate of drug-likeness (QED) is 0.573. The van der Waals surface area contributed by atoms with Crippen molar-refractivity contribution in [1.82, 2.24) is 10.2 Å². The lowest BCUT2D eigenvalue weighted by atomic mass is 9.98. The van der Waals surface area contributed by atoms with Crippen LogP contribution in [0.1, 0.15) is 56.1 Å². The fourth-order valence-corrected chi connectivity index (χ4v) is 5.23. The molecule has 0 bridgehead atoms. The summed E-state index contributed by atoms with van der Waals surface area (Å²) in [4.78, 5) is 38.0. The van der Waals surface area contributed by atoms with Crippen molar-refractivity contribution in [2.24, 2.45) is 5.92 Å². The van der Waals surface area contributed by atoms with Crippen molar-refractivity contribution in [3.63, 3.8) is 0 Å². The summed E-state index contributed by atoms with van der Waals surface area (Å²) in [5.74, 6) is -1.11. The highest BCUT2D eigenvalue weighted by Crippen LogP contribution is 2.44. The normalized spacial score (nSPS) is 18.7. The van der Waals surface area contributed by atoms with E-state index < -0.39 is 12.1 Å². The fourth-order valence-electron chi connectivity index (χ4n) is 5.23. The van der Waals surface area contributed by atoms with Crippen molar-refractivity contribution in [1.29, 1.82) is 0 Å². The average molecular weight is 465 g/mol. The second kappa shape index (κ2) is 10.7. The van der Waals surface area contributed by atoms with Crippen LogP contribution in [0.2, 0.25) is 0 Å². The SMILES string of the molecule is CCCN(CCC(=O)O)C(=O)[C@@H]1CC[C@H](NC(=O)OCC2c3ccccc3-c3ccccc32)C1. The molecule has 0 heterocycles. The van der Waals surface area contributed by atoms with Crippen molar-refractivity contribution in [2.75, 3.05) is 19.7 Å². The second-order valence-corrected chi connectivity index (χ2v) is 9.15. The smallest absolute Gasteiger partial charge is 0.407 e. The molecular weight excluding hydrogens is 432 g/mol. The molecule has 180 valence electrons. The largest absolute Gasteiger partial charge is 0.481 e. The van der Waals surface area contributed by atoms with Gasteiger partial charge in [-0.2, -0.15) is 0 Å². The van der Waals surface area contributed by atoms with Gasteiger partial charge in [0.25, 0.3) is 0 Å². The Balaban J connectivity index is 1.30. The minimum atomic E-state index is -0.907. The Bertz CT molecular complexity index is 1010. The van der Waals surface area contributed by atoms with Crippen LogP contribution >= 0.6 is 0 Å². The third-order valence-electron chi connectivity index (χ3n) is 6.85. The average Bonchev–Trinajstić information content (AvgIpc) is 3.42. The predicted octanol–water partition coefficient (Wildman–Crippen LogP) is 4.41. The number of rotatable bonds is 9. The van der Waals surface area contributed by atoms with Crippen LogP contribution in [0.3, 0.4) is 0 Å². The third-order valence-corrected chi connectivity index (χ3v) is 6.85. The van der Waals surface area contributed by atoms with Gasteiger partial charge in [0.15, 0.2) is 0 Å². The number of ether oxygens (including phenoxy) is 1. The molecule has 0 radical (unpaired) electrons. The highest BCUT2D eigenvalue weighted by atomic mass is 16.5. The van der Waals surface area contributed by atoms with E-state index in [2.05, 4.69) is 29.6 Å². The number of benzene rings is 2. The van der Waals surface area contributed by atoms with Crippen LogP contribution in [-0.4, -0.2) is 53.7 Å². The molecule has 34 heavy (non-hydrogen) atoms. The van der Waals surface area contributed by atoms with Gasteiger partial charge < -0.3 is 20.1 Å². The molecule has 0 spiro atoms. The number of fused-ring (bicyclic) bond motifs is 3. The van der Waals surface area contributed by atoms with E-state index in [1.807, 2.05) is 31.2 Å². The molecular formula is C27H32N2O5. The molecule has 1 fully saturated rings. The number of carbonyl (C=O) groups excluding carboxylic acids is 2. The molecule has 2 aromatic rings. The fraction of sp³-hybridized carbons (Fsp3) is 0.444. The van der Waals surface area contributed by atoms with Crippen molar-refractivity contribution < 1.29 is 24.2 Å². The van der Waals surface area contributed by atoms with Gasteiger partial charge in [0.05, 0.1) is 6.42 Å². The van der Waals surface area contributed by atoms with Gasteiger partial charge in [0.1, 0.15) is 6.61 Å². The monoisotopic (exact) mass is 464 g/mol. The van der Waals surface area contributed by atoms with Crippen molar-refractivity contribution in [3.8, 4) is 11.1 Å². The molecule has 2 amide bonds. The number of carbonyl (C=O) groups is 3. The Morgan fingerprint density at radius 2 is 1.65 bits per heavy atom. The maximum Gasteiger partial charge on any atom is 0.407 e. The molecule has 1 saturated carbocycles. The van der Waals surface area contributed by atoms with Gasteiger partial charge >= 0.3 is 12.1 Å². The molecule has 2 N–H and O–H groups in total. The van der Waals surface area contributed by atoms with Crippen LogP contribution in [0.15, 0.2) is 48.5 Å². The Labute approximate surface area is 200 Å². The third kappa shape index (κ3) is 5.24. The van der Waals surface area contributed by atoms with Gasteiger partial charge in [-0.15, -0.1) is 0 Å². The summed E-state index contributed by atoms with van der Waals surface area (Å²) in [6.45, 7) is 3.00. The van der Waals surface area contributed by atoms with Crippen LogP contribution in [0.5, 0.6) is 0 Å². The number of alkyl carbamates (subject to hydrolysis) is 1. The van der Waals surface area contributed by atoms with E-state index >= 15 is 0 Å². The van der Waals surface area contributed by atoms with Gasteiger partial charge in [0.2, 0.25) is 5.91 Å². The van der Waals surface area contributed by atoms with Crippen LogP contribution in [-0.2, 0) is 14.3 Å². The van der Waals surface area contributed by atoms with Gasteiger partial charge in [0, 0.05) is 31.0 Å². The molecule has 0 aromatic heterocycles. The Kier molecular flexibility index (Phi) is 7.50. The van der Waals surface area contributed by atoms with Crippen LogP contribution in [0, 0.1) is 5.92 Å². The number of aliphatic carboxylic acids is 1. The number of carboxylic acid groups (broad SMARTS) is 1. The molecule has 2 aromatic carbocycles. The zero-order chi connectivity index (χ0) is 24.1. The summed E-state index contributed by atoms with van der Waals surface area (Å²) in [6.07, 6.45) is 2.20. The number of hydrogen-bond donors (Lipinski definition) is 2. The highest BCUT2D eigenvalue weighted by molar-refractivity contribution is 5.80. The minimum absolute atomic E-state index is 0.00731. The van der Waals surface area contributed by atoms with E-state index in [9.17, 15) is 14.4 Å². The standard InChI is InChI=1S/C27H32N2O5/c1-2-14-29(15-13-25(30)31)26(32)18-11-12-19(16-18)28-27(33)34-17-24-22-9-5-3-7-20(22)21-8-4-6-10-23(21)24/h3-10,18-19,24H,2,11-17H2,1H3,(H,28,33)(H,30,31)/t18-,19+/m1/s1. The van der Waals surface area contributed by atoms with Gasteiger partial charge in [-0.25, -0.2) is 4.79 Å². The van der Waals surface area contributed by atoms with Gasteiger partial charge in [-0.3, -0.25) is 9.59 Å². The molecule has 7 heteroatoms. The lowest BCUT2D eigenvalue weighted by Crippen LogP contribution is -2.39. The first kappa shape index (κ1) is 23.8. The maximum atomic E-state index is 12.9. The summed E-state index contributed by atoms with van der Waals surface area (Å²) in [5.41, 5.74) is 4.70. The van der Waals surface area contributed by atoms with E-state index in [4.69, 9.17) is 9.84 Å². The number of hydrogen-bond acceptors (Lipinski definition) is 4. The number of nitrogens with zero attached hydrogens (tertiary/aromatic N) is 1. The van der Waals surface area contributed by atoms with Gasteiger partial charge in [-0.1, -0.05) is 55.5 Å². The summed E-state index contributed by atoms with van der Waals surface area (Å²) in [6, 6.07) is 16.3. The predicted molar refractivity (Wildman–Crippen MR) is 128 cm³/mol. The van der Waals surface area contributed by atoms with E-state index in [0.29, 0.717) is 25.8 Å². The molecule has 0 saturated heterocycles. The minimum Gasteiger partial charge on any atom is -0.481 e. The van der Waals surface area contributed by atoms with E-state index in [1.54, 1.807) is 4.90 Å². The van der Waals surface area contributed by atoms with Crippen molar-refractivity contribution >= 4 is 18.0 Å². The van der Waals surface area contributed by atoms with Crippen LogP contribution in [0.4, 0.5) is 4.79 Å². The summed E-state index contributed by atoms with van der Waals surface area (Å²) >= 11 is 0. The zero-order valence-electron chi connectivity index (χ0n) is 19.5. The molecule has 2 atom stereocenters. The first-order valence-electron chi connectivity index (χ1n) is 12.1. The first-order valence-corrected chi connectivity index (χ1v) is 12.1. The lowest BCUT2D eigenvalue weighted by molar-refractivity contribution is -0.139. The second-order valence-electron chi connectivity index (χ2n) is 9.15. The molecule has 0 unspecified atom stereocenters. The van der Waals surface area contributed by atoms with E-state index in [0.717, 1.165) is 6.42 Å².